The van der Waals surface area contributed by atoms with Crippen molar-refractivity contribution in [1.29, 1.82) is 0 Å². The van der Waals surface area contributed by atoms with Crippen molar-refractivity contribution in [2.75, 3.05) is 6.61 Å². The fraction of sp³-hybridized carbons (Fsp3) is 0.625. The summed E-state index contributed by atoms with van der Waals surface area (Å²) in [6.07, 6.45) is 1.85. The zero-order valence-corrected chi connectivity index (χ0v) is 24.2. The van der Waals surface area contributed by atoms with Crippen LogP contribution in [-0.4, -0.2) is 53.7 Å². The van der Waals surface area contributed by atoms with E-state index in [1.54, 1.807) is 6.92 Å². The largest absolute Gasteiger partial charge is 0.461 e. The molecule has 3 fully saturated rings. The van der Waals surface area contributed by atoms with E-state index in [-0.39, 0.29) is 35.9 Å². The Hall–Kier alpha value is -3.00. The van der Waals surface area contributed by atoms with Crippen LogP contribution in [0.2, 0.25) is 0 Å². The lowest BCUT2D eigenvalue weighted by atomic mass is 9.74. The number of fused-ring (bicyclic) bond motifs is 2. The lowest BCUT2D eigenvalue weighted by molar-refractivity contribution is -0.190. The lowest BCUT2D eigenvalue weighted by Gasteiger charge is -2.41. The summed E-state index contributed by atoms with van der Waals surface area (Å²) in [5.74, 6) is -2.72. The van der Waals surface area contributed by atoms with Gasteiger partial charge in [-0.3, -0.25) is 19.2 Å². The Morgan fingerprint density at radius 2 is 1.73 bits per heavy atom. The number of ether oxygens (including phenoxy) is 4. The maximum Gasteiger partial charge on any atom is 0.310 e. The summed E-state index contributed by atoms with van der Waals surface area (Å²) < 4.78 is 24.2. The second-order valence-corrected chi connectivity index (χ2v) is 12.9. The summed E-state index contributed by atoms with van der Waals surface area (Å²) >= 11 is 0. The highest BCUT2D eigenvalue weighted by Crippen LogP contribution is 2.64. The van der Waals surface area contributed by atoms with E-state index in [4.69, 9.17) is 18.9 Å². The Labute approximate surface area is 235 Å². The van der Waals surface area contributed by atoms with Crippen LogP contribution in [0, 0.1) is 29.1 Å². The molecule has 0 bridgehead atoms. The molecule has 1 spiro atoms. The molecule has 5 rings (SSSR count). The zero-order valence-electron chi connectivity index (χ0n) is 24.2. The van der Waals surface area contributed by atoms with Gasteiger partial charge in [0.1, 0.15) is 17.8 Å². The second-order valence-electron chi connectivity index (χ2n) is 12.9. The first-order valence-electron chi connectivity index (χ1n) is 14.3. The molecule has 1 aromatic rings. The number of carbonyl (C=O) groups excluding carboxylic acids is 4. The van der Waals surface area contributed by atoms with Gasteiger partial charge in [0.2, 0.25) is 5.78 Å². The topological polar surface area (TPSA) is 108 Å². The molecule has 1 saturated heterocycles. The summed E-state index contributed by atoms with van der Waals surface area (Å²) in [7, 11) is 0. The van der Waals surface area contributed by atoms with Crippen molar-refractivity contribution in [1.82, 2.24) is 0 Å². The highest BCUT2D eigenvalue weighted by atomic mass is 16.6. The van der Waals surface area contributed by atoms with Crippen molar-refractivity contribution in [3.05, 3.63) is 47.5 Å². The first-order chi connectivity index (χ1) is 18.8. The van der Waals surface area contributed by atoms with E-state index in [1.165, 1.54) is 13.8 Å². The molecule has 2 saturated carbocycles. The zero-order chi connectivity index (χ0) is 29.0. The Morgan fingerprint density at radius 3 is 2.33 bits per heavy atom. The van der Waals surface area contributed by atoms with Crippen LogP contribution in [-0.2, 0) is 44.5 Å². The quantitative estimate of drug-likeness (QED) is 0.301. The molecule has 8 atom stereocenters. The van der Waals surface area contributed by atoms with Crippen molar-refractivity contribution < 1.29 is 38.1 Å². The monoisotopic (exact) mass is 552 g/mol. The van der Waals surface area contributed by atoms with Crippen LogP contribution >= 0.6 is 0 Å². The van der Waals surface area contributed by atoms with E-state index < -0.39 is 47.2 Å². The molecule has 0 amide bonds. The molecular formula is C32H40O8. The molecule has 8 heteroatoms. The number of carbonyl (C=O) groups is 4. The van der Waals surface area contributed by atoms with Gasteiger partial charge in [0.15, 0.2) is 5.60 Å². The molecule has 0 unspecified atom stereocenters. The summed E-state index contributed by atoms with van der Waals surface area (Å²) in [5.41, 5.74) is -1.22. The second kappa shape index (κ2) is 10.1. The van der Waals surface area contributed by atoms with E-state index in [0.717, 1.165) is 12.0 Å². The molecule has 8 nitrogen and oxygen atoms in total. The molecule has 4 aliphatic rings. The summed E-state index contributed by atoms with van der Waals surface area (Å²) in [4.78, 5) is 52.9. The number of epoxide rings is 1. The molecule has 216 valence electrons. The Balaban J connectivity index is 1.61. The molecular weight excluding hydrogens is 512 g/mol. The van der Waals surface area contributed by atoms with E-state index in [1.807, 2.05) is 43.3 Å². The molecule has 0 aromatic heterocycles. The van der Waals surface area contributed by atoms with Crippen LogP contribution in [0.4, 0.5) is 0 Å². The maximum atomic E-state index is 14.5. The summed E-state index contributed by atoms with van der Waals surface area (Å²) in [6.45, 7) is 11.0. The van der Waals surface area contributed by atoms with Crippen LogP contribution in [0.25, 0.3) is 0 Å². The van der Waals surface area contributed by atoms with Gasteiger partial charge in [0.05, 0.1) is 18.9 Å². The van der Waals surface area contributed by atoms with Gasteiger partial charge >= 0.3 is 17.9 Å². The third kappa shape index (κ3) is 5.00. The summed E-state index contributed by atoms with van der Waals surface area (Å²) in [6, 6.07) is 9.25. The van der Waals surface area contributed by atoms with Crippen LogP contribution in [0.5, 0.6) is 0 Å². The van der Waals surface area contributed by atoms with Crippen molar-refractivity contribution in [2.45, 2.75) is 90.6 Å². The minimum Gasteiger partial charge on any atom is -0.461 e. The Morgan fingerprint density at radius 1 is 1.05 bits per heavy atom. The number of rotatable bonds is 5. The number of hydrogen-bond acceptors (Lipinski definition) is 8. The highest BCUT2D eigenvalue weighted by Gasteiger charge is 2.71. The first kappa shape index (κ1) is 28.5. The van der Waals surface area contributed by atoms with Gasteiger partial charge in [-0.25, -0.2) is 0 Å². The molecule has 0 radical (unpaired) electrons. The molecule has 1 aromatic carbocycles. The van der Waals surface area contributed by atoms with Crippen molar-refractivity contribution >= 4 is 23.7 Å². The smallest absolute Gasteiger partial charge is 0.310 e. The minimum absolute atomic E-state index is 0.0141. The average molecular weight is 553 g/mol. The summed E-state index contributed by atoms with van der Waals surface area (Å²) in [5, 5.41) is 0. The van der Waals surface area contributed by atoms with Crippen molar-refractivity contribution in [3.63, 3.8) is 0 Å². The SMILES string of the molecule is CC(=O)O[C@H]1[C@@H]2[C@@H](OC(=O)Cc3ccccc3)[C@@H](C)C[C@]2(OC(C)=O)C(=O)/C(C)=C/[C@H]2[C@H](CC[C@@]13CO3)C2(C)C. The number of ketones is 1. The fourth-order valence-corrected chi connectivity index (χ4v) is 7.55. The number of esters is 3. The van der Waals surface area contributed by atoms with Gasteiger partial charge in [0.25, 0.3) is 0 Å². The molecule has 40 heavy (non-hydrogen) atoms. The highest BCUT2D eigenvalue weighted by molar-refractivity contribution is 6.03. The van der Waals surface area contributed by atoms with Gasteiger partial charge in [-0.15, -0.1) is 0 Å². The Bertz CT molecular complexity index is 1230. The first-order valence-corrected chi connectivity index (χ1v) is 14.3. The van der Waals surface area contributed by atoms with Crippen LogP contribution in [0.15, 0.2) is 42.0 Å². The molecule has 1 aliphatic heterocycles. The van der Waals surface area contributed by atoms with Crippen LogP contribution in [0.1, 0.15) is 66.4 Å². The normalized spacial score (nSPS) is 39.0. The van der Waals surface area contributed by atoms with E-state index >= 15 is 0 Å². The van der Waals surface area contributed by atoms with Gasteiger partial charge in [0, 0.05) is 20.3 Å². The van der Waals surface area contributed by atoms with E-state index in [2.05, 4.69) is 13.8 Å². The predicted molar refractivity (Wildman–Crippen MR) is 145 cm³/mol. The van der Waals surface area contributed by atoms with E-state index in [0.29, 0.717) is 24.5 Å². The maximum absolute atomic E-state index is 14.5. The fourth-order valence-electron chi connectivity index (χ4n) is 7.55. The standard InChI is InChI=1S/C32H40O8/c1-18-14-24-23(30(24,5)6)12-13-31(17-37-31)29(38-20(3)33)26-27(39-25(35)15-22-10-8-7-9-11-22)19(2)16-32(26,28(18)36)40-21(4)34/h7-11,14,19,23-24,26-27,29H,12-13,15-17H2,1-6H3/b18-14+/t19-,23-,24-,26-,27-,29-,31+,32+/m0/s1. The third-order valence-electron chi connectivity index (χ3n) is 9.71. The Kier molecular flexibility index (Phi) is 7.22. The lowest BCUT2D eigenvalue weighted by Crippen LogP contribution is -2.58. The van der Waals surface area contributed by atoms with Gasteiger partial charge in [-0.05, 0) is 54.1 Å². The van der Waals surface area contributed by atoms with Crippen LogP contribution < -0.4 is 0 Å². The van der Waals surface area contributed by atoms with Gasteiger partial charge in [-0.2, -0.15) is 0 Å². The van der Waals surface area contributed by atoms with Crippen LogP contribution in [0.3, 0.4) is 0 Å². The molecule has 1 heterocycles. The number of Topliss-reactive ketones (excluding diaryl/α,β-unsaturated/α-hetero) is 1. The van der Waals surface area contributed by atoms with Gasteiger partial charge in [-0.1, -0.05) is 57.2 Å². The number of allylic oxidation sites excluding steroid dienone is 1. The molecule has 0 N–H and O–H groups in total. The minimum atomic E-state index is -1.68. The van der Waals surface area contributed by atoms with Gasteiger partial charge < -0.3 is 18.9 Å². The van der Waals surface area contributed by atoms with Crippen molar-refractivity contribution in [2.24, 2.45) is 29.1 Å². The number of hydrogen-bond donors (Lipinski definition) is 0. The average Bonchev–Trinajstić information content (AvgIpc) is 3.73. The third-order valence-corrected chi connectivity index (χ3v) is 9.71. The van der Waals surface area contributed by atoms with E-state index in [9.17, 15) is 19.2 Å². The predicted octanol–water partition coefficient (Wildman–Crippen LogP) is 4.38. The molecule has 3 aliphatic carbocycles. The number of benzene rings is 1. The van der Waals surface area contributed by atoms with Crippen molar-refractivity contribution in [3.8, 4) is 0 Å².